The van der Waals surface area contributed by atoms with Gasteiger partial charge in [0.1, 0.15) is 0 Å². The number of hydrogen-bond acceptors (Lipinski definition) is 3. The summed E-state index contributed by atoms with van der Waals surface area (Å²) >= 11 is 0. The van der Waals surface area contributed by atoms with E-state index in [4.69, 9.17) is 5.11 Å². The highest BCUT2D eigenvalue weighted by molar-refractivity contribution is 7.87. The van der Waals surface area contributed by atoms with Crippen LogP contribution in [0.3, 0.4) is 0 Å². The molecule has 0 aromatic heterocycles. The third-order valence-corrected chi connectivity index (χ3v) is 4.49. The van der Waals surface area contributed by atoms with Crippen LogP contribution >= 0.6 is 0 Å². The third kappa shape index (κ3) is 3.76. The van der Waals surface area contributed by atoms with Crippen LogP contribution in [0.25, 0.3) is 0 Å². The summed E-state index contributed by atoms with van der Waals surface area (Å²) in [7, 11) is -1.96. The summed E-state index contributed by atoms with van der Waals surface area (Å²) in [6.45, 7) is 0.210. The molecule has 1 fully saturated rings. The second kappa shape index (κ2) is 5.28. The van der Waals surface area contributed by atoms with Gasteiger partial charge in [-0.3, -0.25) is 0 Å². The van der Waals surface area contributed by atoms with Crippen LogP contribution in [0.1, 0.15) is 28.8 Å². The first-order valence-corrected chi connectivity index (χ1v) is 7.38. The molecule has 1 aliphatic carbocycles. The molecule has 2 rings (SSSR count). The summed E-state index contributed by atoms with van der Waals surface area (Å²) in [5.74, 6) is -0.997. The van der Waals surface area contributed by atoms with E-state index in [1.807, 2.05) is 0 Å². The Morgan fingerprint density at radius 1 is 1.37 bits per heavy atom. The van der Waals surface area contributed by atoms with Crippen LogP contribution in [0.5, 0.6) is 0 Å². The molecule has 104 valence electrons. The summed E-state index contributed by atoms with van der Waals surface area (Å²) in [4.78, 5) is 10.7. The first-order valence-electron chi connectivity index (χ1n) is 5.94. The summed E-state index contributed by atoms with van der Waals surface area (Å²) in [5, 5.41) is 8.78. The zero-order valence-corrected chi connectivity index (χ0v) is 11.4. The fourth-order valence-electron chi connectivity index (χ4n) is 1.60. The van der Waals surface area contributed by atoms with Gasteiger partial charge in [-0.1, -0.05) is 12.1 Å². The van der Waals surface area contributed by atoms with E-state index in [1.54, 1.807) is 12.1 Å². The number of carboxylic acid groups (broad SMARTS) is 1. The summed E-state index contributed by atoms with van der Waals surface area (Å²) in [5.41, 5.74) is 0.930. The smallest absolute Gasteiger partial charge is 0.335 e. The Hall–Kier alpha value is -1.44. The molecular weight excluding hydrogens is 268 g/mol. The first-order chi connectivity index (χ1) is 8.88. The molecule has 19 heavy (non-hydrogen) atoms. The lowest BCUT2D eigenvalue weighted by molar-refractivity contribution is 0.0697. The molecule has 0 amide bonds. The van der Waals surface area contributed by atoms with Gasteiger partial charge < -0.3 is 5.11 Å². The topological polar surface area (TPSA) is 86.7 Å². The van der Waals surface area contributed by atoms with Gasteiger partial charge in [-0.25, -0.2) is 4.79 Å². The van der Waals surface area contributed by atoms with Crippen molar-refractivity contribution in [2.24, 2.45) is 0 Å². The average Bonchev–Trinajstić information content (AvgIpc) is 3.12. The van der Waals surface area contributed by atoms with Gasteiger partial charge in [0.25, 0.3) is 10.2 Å². The monoisotopic (exact) mass is 284 g/mol. The number of hydrogen-bond donors (Lipinski definition) is 2. The molecule has 0 radical (unpaired) electrons. The van der Waals surface area contributed by atoms with E-state index in [2.05, 4.69) is 4.72 Å². The second-order valence-electron chi connectivity index (χ2n) is 4.66. The van der Waals surface area contributed by atoms with Crippen LogP contribution in [-0.2, 0) is 16.8 Å². The van der Waals surface area contributed by atoms with Crippen molar-refractivity contribution in [3.63, 3.8) is 0 Å². The highest BCUT2D eigenvalue weighted by atomic mass is 32.2. The molecule has 1 aromatic carbocycles. The van der Waals surface area contributed by atoms with Gasteiger partial charge in [0.15, 0.2) is 0 Å². The Labute approximate surface area is 112 Å². The third-order valence-electron chi connectivity index (χ3n) is 2.91. The summed E-state index contributed by atoms with van der Waals surface area (Å²) in [6, 6.07) is 6.24. The van der Waals surface area contributed by atoms with E-state index in [0.29, 0.717) is 0 Å². The number of carbonyl (C=O) groups is 1. The van der Waals surface area contributed by atoms with E-state index in [1.165, 1.54) is 23.5 Å². The highest BCUT2D eigenvalue weighted by Crippen LogP contribution is 2.20. The van der Waals surface area contributed by atoms with E-state index in [9.17, 15) is 13.2 Å². The van der Waals surface area contributed by atoms with E-state index in [0.717, 1.165) is 18.4 Å². The lowest BCUT2D eigenvalue weighted by Crippen LogP contribution is -2.38. The van der Waals surface area contributed by atoms with Gasteiger partial charge in [0.05, 0.1) is 5.56 Å². The van der Waals surface area contributed by atoms with Crippen molar-refractivity contribution < 1.29 is 18.3 Å². The van der Waals surface area contributed by atoms with Crippen LogP contribution in [0, 0.1) is 0 Å². The molecule has 1 saturated carbocycles. The standard InChI is InChI=1S/C12H16N2O4S/c1-14(19(17,18)13-11-6-7-11)8-9-2-4-10(5-3-9)12(15)16/h2-5,11,13H,6-8H2,1H3,(H,15,16). The number of aromatic carboxylic acids is 1. The Kier molecular flexibility index (Phi) is 3.88. The number of carboxylic acids is 1. The molecule has 1 aromatic rings. The summed E-state index contributed by atoms with van der Waals surface area (Å²) in [6.07, 6.45) is 1.78. The van der Waals surface area contributed by atoms with E-state index in [-0.39, 0.29) is 18.2 Å². The molecule has 2 N–H and O–H groups in total. The number of benzene rings is 1. The van der Waals surface area contributed by atoms with E-state index >= 15 is 0 Å². The Bertz CT molecular complexity index is 564. The van der Waals surface area contributed by atoms with Gasteiger partial charge in [-0.05, 0) is 30.5 Å². The lowest BCUT2D eigenvalue weighted by Gasteiger charge is -2.17. The van der Waals surface area contributed by atoms with Crippen molar-refractivity contribution in [3.05, 3.63) is 35.4 Å². The molecule has 0 heterocycles. The quantitative estimate of drug-likeness (QED) is 0.809. The van der Waals surface area contributed by atoms with Gasteiger partial charge >= 0.3 is 5.97 Å². The van der Waals surface area contributed by atoms with Crippen molar-refractivity contribution in [2.75, 3.05) is 7.05 Å². The molecule has 1 aliphatic rings. The normalized spacial score (nSPS) is 15.7. The zero-order chi connectivity index (χ0) is 14.0. The molecule has 0 bridgehead atoms. The molecule has 0 unspecified atom stereocenters. The van der Waals surface area contributed by atoms with Crippen molar-refractivity contribution in [2.45, 2.75) is 25.4 Å². The molecule has 0 spiro atoms. The zero-order valence-electron chi connectivity index (χ0n) is 10.5. The molecule has 7 heteroatoms. The van der Waals surface area contributed by atoms with Crippen LogP contribution in [0.2, 0.25) is 0 Å². The lowest BCUT2D eigenvalue weighted by atomic mass is 10.1. The number of rotatable bonds is 6. The fraction of sp³-hybridized carbons (Fsp3) is 0.417. The second-order valence-corrected chi connectivity index (χ2v) is 6.46. The molecular formula is C12H16N2O4S. The predicted molar refractivity (Wildman–Crippen MR) is 69.9 cm³/mol. The predicted octanol–water partition coefficient (Wildman–Crippen LogP) is 0.813. The van der Waals surface area contributed by atoms with Crippen LogP contribution in [-0.4, -0.2) is 36.9 Å². The maximum absolute atomic E-state index is 11.9. The van der Waals surface area contributed by atoms with E-state index < -0.39 is 16.2 Å². The number of nitrogens with one attached hydrogen (secondary N) is 1. The minimum atomic E-state index is -3.45. The van der Waals surface area contributed by atoms with Crippen molar-refractivity contribution in [3.8, 4) is 0 Å². The average molecular weight is 284 g/mol. The highest BCUT2D eigenvalue weighted by Gasteiger charge is 2.29. The maximum atomic E-state index is 11.9. The molecule has 0 atom stereocenters. The van der Waals surface area contributed by atoms with Gasteiger partial charge in [0.2, 0.25) is 0 Å². The minimum absolute atomic E-state index is 0.0711. The molecule has 0 saturated heterocycles. The van der Waals surface area contributed by atoms with Crippen LogP contribution < -0.4 is 4.72 Å². The van der Waals surface area contributed by atoms with Crippen molar-refractivity contribution in [1.29, 1.82) is 0 Å². The van der Waals surface area contributed by atoms with Crippen molar-refractivity contribution >= 4 is 16.2 Å². The van der Waals surface area contributed by atoms with Crippen LogP contribution in [0.4, 0.5) is 0 Å². The van der Waals surface area contributed by atoms with Crippen molar-refractivity contribution in [1.82, 2.24) is 9.03 Å². The molecule has 6 nitrogen and oxygen atoms in total. The maximum Gasteiger partial charge on any atom is 0.335 e. The van der Waals surface area contributed by atoms with Gasteiger partial charge in [0, 0.05) is 19.6 Å². The van der Waals surface area contributed by atoms with Gasteiger partial charge in [-0.2, -0.15) is 17.4 Å². The first kappa shape index (κ1) is 14.0. The van der Waals surface area contributed by atoms with Gasteiger partial charge in [-0.15, -0.1) is 0 Å². The SMILES string of the molecule is CN(Cc1ccc(C(=O)O)cc1)S(=O)(=O)NC1CC1. The Morgan fingerprint density at radius 2 is 1.95 bits per heavy atom. The van der Waals surface area contributed by atoms with Crippen LogP contribution in [0.15, 0.2) is 24.3 Å². The molecule has 0 aliphatic heterocycles. The Morgan fingerprint density at radius 3 is 2.42 bits per heavy atom. The summed E-state index contributed by atoms with van der Waals surface area (Å²) < 4.78 is 27.6. The number of nitrogens with zero attached hydrogens (tertiary/aromatic N) is 1. The Balaban J connectivity index is 2.01. The minimum Gasteiger partial charge on any atom is -0.478 e. The largest absolute Gasteiger partial charge is 0.478 e. The fourth-order valence-corrected chi connectivity index (χ4v) is 2.75.